The van der Waals surface area contributed by atoms with Gasteiger partial charge in [0, 0.05) is 18.7 Å². The number of nitrogens with zero attached hydrogens (tertiary/aromatic N) is 2. The Kier molecular flexibility index (Phi) is 5.02. The van der Waals surface area contributed by atoms with Crippen molar-refractivity contribution in [3.63, 3.8) is 0 Å². The number of amides is 1. The van der Waals surface area contributed by atoms with Gasteiger partial charge >= 0.3 is 0 Å². The van der Waals surface area contributed by atoms with Crippen LogP contribution in [0.5, 0.6) is 0 Å². The zero-order valence-electron chi connectivity index (χ0n) is 11.8. The predicted octanol–water partition coefficient (Wildman–Crippen LogP) is 1.12. The van der Waals surface area contributed by atoms with E-state index < -0.39 is 10.5 Å². The minimum absolute atomic E-state index is 0.225. The monoisotopic (exact) mass is 301 g/mol. The van der Waals surface area contributed by atoms with Crippen molar-refractivity contribution in [3.05, 3.63) is 74.7 Å². The Morgan fingerprint density at radius 3 is 2.59 bits per heavy atom. The Labute approximate surface area is 126 Å². The van der Waals surface area contributed by atoms with Crippen molar-refractivity contribution < 1.29 is 9.72 Å². The van der Waals surface area contributed by atoms with Gasteiger partial charge in [0.25, 0.3) is 11.2 Å². The first-order chi connectivity index (χ1) is 10.6. The molecular formula is C15H15N3O4. The molecule has 2 rings (SSSR count). The highest BCUT2D eigenvalue weighted by molar-refractivity contribution is 5.75. The summed E-state index contributed by atoms with van der Waals surface area (Å²) in [6, 6.07) is 11.9. The van der Waals surface area contributed by atoms with Gasteiger partial charge in [0.2, 0.25) is 5.91 Å². The van der Waals surface area contributed by atoms with Gasteiger partial charge < -0.3 is 5.32 Å². The zero-order chi connectivity index (χ0) is 15.9. The number of hydrogen-bond donors (Lipinski definition) is 1. The molecule has 0 radical (unpaired) electrons. The first-order valence-corrected chi connectivity index (χ1v) is 6.72. The van der Waals surface area contributed by atoms with Crippen molar-refractivity contribution in [1.82, 2.24) is 9.88 Å². The Morgan fingerprint density at radius 1 is 1.18 bits per heavy atom. The maximum absolute atomic E-state index is 11.8. The summed E-state index contributed by atoms with van der Waals surface area (Å²) in [5.74, 6) is -0.362. The van der Waals surface area contributed by atoms with E-state index in [9.17, 15) is 19.7 Å². The number of rotatable bonds is 6. The summed E-state index contributed by atoms with van der Waals surface area (Å²) >= 11 is 0. The number of carbonyl (C=O) groups is 1. The lowest BCUT2D eigenvalue weighted by Gasteiger charge is -2.07. The van der Waals surface area contributed by atoms with Crippen LogP contribution in [0.3, 0.4) is 0 Å². The standard InChI is InChI=1S/C15H15N3O4/c19-14(16-9-8-12-4-2-1-3-5-12)11-17-10-13(18(21)22)6-7-15(17)20/h1-7,10H,8-9,11H2,(H,16,19). The van der Waals surface area contributed by atoms with Crippen LogP contribution >= 0.6 is 0 Å². The lowest BCUT2D eigenvalue weighted by atomic mass is 10.1. The van der Waals surface area contributed by atoms with Gasteiger partial charge in [-0.25, -0.2) is 0 Å². The van der Waals surface area contributed by atoms with E-state index in [-0.39, 0.29) is 18.1 Å². The molecule has 114 valence electrons. The Morgan fingerprint density at radius 2 is 1.91 bits per heavy atom. The topological polar surface area (TPSA) is 94.2 Å². The largest absolute Gasteiger partial charge is 0.354 e. The Bertz CT molecular complexity index is 725. The normalized spacial score (nSPS) is 10.2. The first kappa shape index (κ1) is 15.4. The highest BCUT2D eigenvalue weighted by Crippen LogP contribution is 2.06. The third-order valence-electron chi connectivity index (χ3n) is 3.07. The number of hydrogen-bond acceptors (Lipinski definition) is 4. The molecule has 0 bridgehead atoms. The average Bonchev–Trinajstić information content (AvgIpc) is 2.50. The van der Waals surface area contributed by atoms with Gasteiger partial charge in [-0.1, -0.05) is 30.3 Å². The smallest absolute Gasteiger partial charge is 0.285 e. The minimum Gasteiger partial charge on any atom is -0.354 e. The molecule has 0 atom stereocenters. The van der Waals surface area contributed by atoms with Gasteiger partial charge in [-0.2, -0.15) is 0 Å². The molecule has 0 aliphatic heterocycles. The van der Waals surface area contributed by atoms with Crippen molar-refractivity contribution in [2.45, 2.75) is 13.0 Å². The number of aromatic nitrogens is 1. The van der Waals surface area contributed by atoms with Gasteiger partial charge in [0.1, 0.15) is 6.54 Å². The molecule has 0 saturated carbocycles. The second kappa shape index (κ2) is 7.16. The maximum atomic E-state index is 11.8. The molecule has 0 spiro atoms. The quantitative estimate of drug-likeness (QED) is 0.639. The molecule has 1 N–H and O–H groups in total. The highest BCUT2D eigenvalue weighted by atomic mass is 16.6. The summed E-state index contributed by atoms with van der Waals surface area (Å²) in [4.78, 5) is 33.4. The van der Waals surface area contributed by atoms with Crippen LogP contribution in [0, 0.1) is 10.1 Å². The van der Waals surface area contributed by atoms with Crippen molar-refractivity contribution in [1.29, 1.82) is 0 Å². The molecule has 22 heavy (non-hydrogen) atoms. The number of nitrogens with one attached hydrogen (secondary N) is 1. The maximum Gasteiger partial charge on any atom is 0.285 e. The molecule has 1 aromatic carbocycles. The van der Waals surface area contributed by atoms with Crippen LogP contribution in [0.1, 0.15) is 5.56 Å². The van der Waals surface area contributed by atoms with E-state index in [0.29, 0.717) is 13.0 Å². The van der Waals surface area contributed by atoms with Crippen LogP contribution in [0.4, 0.5) is 5.69 Å². The summed E-state index contributed by atoms with van der Waals surface area (Å²) in [5.41, 5.74) is 0.413. The van der Waals surface area contributed by atoms with E-state index in [2.05, 4.69) is 5.32 Å². The van der Waals surface area contributed by atoms with Crippen molar-refractivity contribution in [2.24, 2.45) is 0 Å². The second-order valence-corrected chi connectivity index (χ2v) is 4.70. The molecule has 2 aromatic rings. The van der Waals surface area contributed by atoms with Crippen LogP contribution in [0.15, 0.2) is 53.5 Å². The van der Waals surface area contributed by atoms with Crippen LogP contribution in [0.25, 0.3) is 0 Å². The summed E-state index contributed by atoms with van der Waals surface area (Å²) in [5, 5.41) is 13.4. The number of nitro groups is 1. The summed E-state index contributed by atoms with van der Waals surface area (Å²) < 4.78 is 1.02. The van der Waals surface area contributed by atoms with Crippen LogP contribution < -0.4 is 10.9 Å². The van der Waals surface area contributed by atoms with Crippen molar-refractivity contribution >= 4 is 11.6 Å². The van der Waals surface area contributed by atoms with Gasteiger partial charge in [-0.3, -0.25) is 24.3 Å². The first-order valence-electron chi connectivity index (χ1n) is 6.72. The van der Waals surface area contributed by atoms with Crippen molar-refractivity contribution in [3.8, 4) is 0 Å². The molecule has 7 nitrogen and oxygen atoms in total. The van der Waals surface area contributed by atoms with Crippen molar-refractivity contribution in [2.75, 3.05) is 6.54 Å². The van der Waals surface area contributed by atoms with Crippen LogP contribution in [0.2, 0.25) is 0 Å². The molecule has 0 fully saturated rings. The summed E-state index contributed by atoms with van der Waals surface area (Å²) in [6.45, 7) is 0.196. The Hall–Kier alpha value is -2.96. The van der Waals surface area contributed by atoms with Crippen LogP contribution in [-0.2, 0) is 17.8 Å². The third-order valence-corrected chi connectivity index (χ3v) is 3.07. The highest BCUT2D eigenvalue weighted by Gasteiger charge is 2.10. The zero-order valence-corrected chi connectivity index (χ0v) is 11.8. The number of pyridine rings is 1. The summed E-state index contributed by atoms with van der Waals surface area (Å²) in [7, 11) is 0. The predicted molar refractivity (Wildman–Crippen MR) is 80.5 cm³/mol. The van der Waals surface area contributed by atoms with E-state index in [1.165, 1.54) is 0 Å². The Balaban J connectivity index is 1.91. The summed E-state index contributed by atoms with van der Waals surface area (Å²) in [6.07, 6.45) is 1.75. The van der Waals surface area contributed by atoms with E-state index >= 15 is 0 Å². The number of carbonyl (C=O) groups excluding carboxylic acids is 1. The molecule has 0 aliphatic rings. The molecule has 0 unspecified atom stereocenters. The second-order valence-electron chi connectivity index (χ2n) is 4.70. The molecule has 0 aliphatic carbocycles. The molecular weight excluding hydrogens is 286 g/mol. The molecule has 7 heteroatoms. The van der Waals surface area contributed by atoms with E-state index in [1.807, 2.05) is 30.3 Å². The molecule has 1 amide bonds. The van der Waals surface area contributed by atoms with Gasteiger partial charge in [0.15, 0.2) is 0 Å². The minimum atomic E-state index is -0.608. The van der Waals surface area contributed by atoms with E-state index in [0.717, 1.165) is 28.5 Å². The van der Waals surface area contributed by atoms with Crippen LogP contribution in [-0.4, -0.2) is 21.9 Å². The van der Waals surface area contributed by atoms with E-state index in [1.54, 1.807) is 0 Å². The third kappa shape index (κ3) is 4.27. The molecule has 1 aromatic heterocycles. The fourth-order valence-corrected chi connectivity index (χ4v) is 1.95. The molecule has 1 heterocycles. The van der Waals surface area contributed by atoms with Gasteiger partial charge in [0.05, 0.1) is 11.1 Å². The average molecular weight is 301 g/mol. The van der Waals surface area contributed by atoms with E-state index in [4.69, 9.17) is 0 Å². The number of benzene rings is 1. The molecule has 0 saturated heterocycles. The SMILES string of the molecule is O=C(Cn1cc([N+](=O)[O-])ccc1=O)NCCc1ccccc1. The fraction of sp³-hybridized carbons (Fsp3) is 0.200. The lowest BCUT2D eigenvalue weighted by Crippen LogP contribution is -2.33. The van der Waals surface area contributed by atoms with Gasteiger partial charge in [-0.05, 0) is 12.0 Å². The van der Waals surface area contributed by atoms with Gasteiger partial charge in [-0.15, -0.1) is 0 Å². The lowest BCUT2D eigenvalue weighted by molar-refractivity contribution is -0.385. The fourth-order valence-electron chi connectivity index (χ4n) is 1.95.